The van der Waals surface area contributed by atoms with Gasteiger partial charge in [-0.3, -0.25) is 4.98 Å². The van der Waals surface area contributed by atoms with Gasteiger partial charge in [0.15, 0.2) is 0 Å². The van der Waals surface area contributed by atoms with E-state index in [9.17, 15) is 4.79 Å². The highest BCUT2D eigenvalue weighted by Gasteiger charge is 2.19. The van der Waals surface area contributed by atoms with Crippen LogP contribution in [0.2, 0.25) is 5.02 Å². The minimum atomic E-state index is -0.426. The van der Waals surface area contributed by atoms with Crippen molar-refractivity contribution in [3.05, 3.63) is 29.0 Å². The molecule has 1 aliphatic heterocycles. The summed E-state index contributed by atoms with van der Waals surface area (Å²) in [7, 11) is 0. The lowest BCUT2D eigenvalue weighted by Gasteiger charge is -2.09. The molecule has 0 spiro atoms. The Morgan fingerprint density at radius 2 is 2.56 bits per heavy atom. The Morgan fingerprint density at radius 1 is 1.69 bits per heavy atom. The third-order valence-electron chi connectivity index (χ3n) is 2.46. The van der Waals surface area contributed by atoms with Crippen LogP contribution >= 0.6 is 11.6 Å². The number of rotatable bonds is 3. The molecule has 0 saturated carbocycles. The summed E-state index contributed by atoms with van der Waals surface area (Å²) in [6.07, 6.45) is 3.88. The fourth-order valence-electron chi connectivity index (χ4n) is 1.51. The lowest BCUT2D eigenvalue weighted by atomic mass is 10.1. The van der Waals surface area contributed by atoms with Gasteiger partial charge in [-0.05, 0) is 12.5 Å². The summed E-state index contributed by atoms with van der Waals surface area (Å²) in [5.74, 6) is -0.121. The smallest absolute Gasteiger partial charge is 0.341 e. The van der Waals surface area contributed by atoms with Crippen LogP contribution in [0.4, 0.5) is 0 Å². The number of hydrogen-bond acceptors (Lipinski definition) is 4. The van der Waals surface area contributed by atoms with Gasteiger partial charge in [0.2, 0.25) is 0 Å². The zero-order valence-electron chi connectivity index (χ0n) is 8.69. The van der Waals surface area contributed by atoms with Crippen LogP contribution < -0.4 is 0 Å². The third kappa shape index (κ3) is 2.71. The molecular formula is C11H12ClNO3. The van der Waals surface area contributed by atoms with Gasteiger partial charge in [0.05, 0.1) is 23.8 Å². The molecule has 86 valence electrons. The number of hydrogen-bond donors (Lipinski definition) is 0. The molecule has 1 aromatic rings. The van der Waals surface area contributed by atoms with E-state index in [-0.39, 0.29) is 0 Å². The topological polar surface area (TPSA) is 48.4 Å². The Bertz CT molecular complexity index is 377. The Labute approximate surface area is 98.5 Å². The van der Waals surface area contributed by atoms with E-state index in [2.05, 4.69) is 4.98 Å². The van der Waals surface area contributed by atoms with E-state index in [1.54, 1.807) is 6.07 Å². The quantitative estimate of drug-likeness (QED) is 0.759. The fraction of sp³-hybridized carbons (Fsp3) is 0.455. The molecule has 4 nitrogen and oxygen atoms in total. The number of pyridine rings is 1. The van der Waals surface area contributed by atoms with E-state index in [0.717, 1.165) is 13.0 Å². The van der Waals surface area contributed by atoms with Crippen molar-refractivity contribution in [3.63, 3.8) is 0 Å². The van der Waals surface area contributed by atoms with Crippen LogP contribution in [-0.4, -0.2) is 30.8 Å². The summed E-state index contributed by atoms with van der Waals surface area (Å²) in [6, 6.07) is 1.57. The first-order chi connectivity index (χ1) is 7.77. The summed E-state index contributed by atoms with van der Waals surface area (Å²) in [4.78, 5) is 15.5. The molecule has 1 aromatic heterocycles. The second-order valence-electron chi connectivity index (χ2n) is 3.68. The lowest BCUT2D eigenvalue weighted by Crippen LogP contribution is -2.14. The van der Waals surface area contributed by atoms with Gasteiger partial charge < -0.3 is 9.47 Å². The van der Waals surface area contributed by atoms with E-state index in [0.29, 0.717) is 29.7 Å². The van der Waals surface area contributed by atoms with Crippen molar-refractivity contribution >= 4 is 17.6 Å². The average molecular weight is 242 g/mol. The largest absolute Gasteiger partial charge is 0.462 e. The number of esters is 1. The van der Waals surface area contributed by atoms with Gasteiger partial charge in [0.1, 0.15) is 0 Å². The van der Waals surface area contributed by atoms with Crippen LogP contribution in [0.3, 0.4) is 0 Å². The van der Waals surface area contributed by atoms with Crippen molar-refractivity contribution in [2.24, 2.45) is 5.92 Å². The average Bonchev–Trinajstić information content (AvgIpc) is 2.79. The van der Waals surface area contributed by atoms with Gasteiger partial charge in [-0.1, -0.05) is 11.6 Å². The molecule has 0 aliphatic carbocycles. The van der Waals surface area contributed by atoms with Gasteiger partial charge in [0.25, 0.3) is 0 Å². The monoisotopic (exact) mass is 241 g/mol. The molecule has 1 fully saturated rings. The number of nitrogens with zero attached hydrogens (tertiary/aromatic N) is 1. The zero-order valence-corrected chi connectivity index (χ0v) is 9.44. The molecule has 0 radical (unpaired) electrons. The number of ether oxygens (including phenoxy) is 2. The standard InChI is InChI=1S/C11H12ClNO3/c12-10-1-3-13-5-9(10)11(14)16-7-8-2-4-15-6-8/h1,3,5,8H,2,4,6-7H2. The molecule has 1 atom stereocenters. The van der Waals surface area contributed by atoms with Crippen molar-refractivity contribution in [1.82, 2.24) is 4.98 Å². The SMILES string of the molecule is O=C(OCC1CCOC1)c1cnccc1Cl. The highest BCUT2D eigenvalue weighted by Crippen LogP contribution is 2.17. The first-order valence-electron chi connectivity index (χ1n) is 5.12. The first kappa shape index (κ1) is 11.4. The highest BCUT2D eigenvalue weighted by atomic mass is 35.5. The summed E-state index contributed by atoms with van der Waals surface area (Å²) in [6.45, 7) is 1.79. The van der Waals surface area contributed by atoms with Gasteiger partial charge in [0, 0.05) is 24.9 Å². The number of carbonyl (C=O) groups is 1. The van der Waals surface area contributed by atoms with E-state index in [1.165, 1.54) is 12.4 Å². The van der Waals surface area contributed by atoms with Gasteiger partial charge in [-0.2, -0.15) is 0 Å². The highest BCUT2D eigenvalue weighted by molar-refractivity contribution is 6.33. The Kier molecular flexibility index (Phi) is 3.74. The molecule has 1 aliphatic rings. The molecule has 0 bridgehead atoms. The first-order valence-corrected chi connectivity index (χ1v) is 5.49. The normalized spacial score (nSPS) is 19.7. The fourth-order valence-corrected chi connectivity index (χ4v) is 1.70. The van der Waals surface area contributed by atoms with Crippen LogP contribution in [0.25, 0.3) is 0 Å². The molecule has 16 heavy (non-hydrogen) atoms. The molecular weight excluding hydrogens is 230 g/mol. The van der Waals surface area contributed by atoms with E-state index >= 15 is 0 Å². The number of halogens is 1. The van der Waals surface area contributed by atoms with Gasteiger partial charge in [-0.15, -0.1) is 0 Å². The summed E-state index contributed by atoms with van der Waals surface area (Å²) in [5, 5.41) is 0.364. The molecule has 2 heterocycles. The van der Waals surface area contributed by atoms with Crippen molar-refractivity contribution in [2.45, 2.75) is 6.42 Å². The molecule has 1 saturated heterocycles. The molecule has 1 unspecified atom stereocenters. The lowest BCUT2D eigenvalue weighted by molar-refractivity contribution is 0.0428. The minimum Gasteiger partial charge on any atom is -0.462 e. The maximum Gasteiger partial charge on any atom is 0.341 e. The van der Waals surface area contributed by atoms with E-state index in [4.69, 9.17) is 21.1 Å². The Balaban J connectivity index is 1.90. The second-order valence-corrected chi connectivity index (χ2v) is 4.09. The van der Waals surface area contributed by atoms with Crippen LogP contribution in [0.1, 0.15) is 16.8 Å². The predicted octanol–water partition coefficient (Wildman–Crippen LogP) is 1.93. The third-order valence-corrected chi connectivity index (χ3v) is 2.79. The number of carbonyl (C=O) groups excluding carboxylic acids is 1. The van der Waals surface area contributed by atoms with Crippen molar-refractivity contribution in [1.29, 1.82) is 0 Å². The maximum atomic E-state index is 11.6. The van der Waals surface area contributed by atoms with Crippen molar-refractivity contribution in [2.75, 3.05) is 19.8 Å². The Morgan fingerprint density at radius 3 is 3.25 bits per heavy atom. The molecule has 0 amide bonds. The summed E-state index contributed by atoms with van der Waals surface area (Å²) in [5.41, 5.74) is 0.308. The molecule has 5 heteroatoms. The maximum absolute atomic E-state index is 11.6. The van der Waals surface area contributed by atoms with Crippen LogP contribution in [-0.2, 0) is 9.47 Å². The predicted molar refractivity (Wildman–Crippen MR) is 58.5 cm³/mol. The molecule has 2 rings (SSSR count). The van der Waals surface area contributed by atoms with Gasteiger partial charge >= 0.3 is 5.97 Å². The molecule has 0 aromatic carbocycles. The minimum absolute atomic E-state index is 0.305. The zero-order chi connectivity index (χ0) is 11.4. The second kappa shape index (κ2) is 5.27. The van der Waals surface area contributed by atoms with Crippen LogP contribution in [0.15, 0.2) is 18.5 Å². The van der Waals surface area contributed by atoms with Gasteiger partial charge in [-0.25, -0.2) is 4.79 Å². The Hall–Kier alpha value is -1.13. The summed E-state index contributed by atoms with van der Waals surface area (Å²) >= 11 is 5.85. The molecule has 0 N–H and O–H groups in total. The van der Waals surface area contributed by atoms with Crippen molar-refractivity contribution < 1.29 is 14.3 Å². The van der Waals surface area contributed by atoms with Crippen LogP contribution in [0.5, 0.6) is 0 Å². The van der Waals surface area contributed by atoms with E-state index in [1.807, 2.05) is 0 Å². The van der Waals surface area contributed by atoms with Crippen LogP contribution in [0, 0.1) is 5.92 Å². The van der Waals surface area contributed by atoms with Crippen molar-refractivity contribution in [3.8, 4) is 0 Å². The number of aromatic nitrogens is 1. The van der Waals surface area contributed by atoms with E-state index < -0.39 is 5.97 Å². The summed E-state index contributed by atoms with van der Waals surface area (Å²) < 4.78 is 10.3.